The van der Waals surface area contributed by atoms with E-state index in [0.717, 1.165) is 17.7 Å². The molecule has 0 unspecified atom stereocenters. The topological polar surface area (TPSA) is 84.7 Å². The van der Waals surface area contributed by atoms with Crippen molar-refractivity contribution in [1.82, 2.24) is 9.78 Å². The van der Waals surface area contributed by atoms with Gasteiger partial charge in [0.05, 0.1) is 28.7 Å². The van der Waals surface area contributed by atoms with Gasteiger partial charge in [-0.3, -0.25) is 9.48 Å². The molecule has 0 spiro atoms. The van der Waals surface area contributed by atoms with Gasteiger partial charge < -0.3 is 5.73 Å². The standard InChI is InChI=1S/C23H30N4O/c1-2-20-19-9-8-17(23(15-24)12-10-16(11-13-23)22(25)28)14-21(19)27(26-20)18-6-4-3-5-7-18/h8-9,14,16,18H,2-7,10-13H2,1H3,(H2,25,28). The lowest BCUT2D eigenvalue weighted by Crippen LogP contribution is -2.35. The lowest BCUT2D eigenvalue weighted by atomic mass is 9.67. The molecule has 0 bridgehead atoms. The number of aromatic nitrogens is 2. The van der Waals surface area contributed by atoms with Crippen molar-refractivity contribution >= 4 is 16.8 Å². The van der Waals surface area contributed by atoms with Crippen LogP contribution in [0.15, 0.2) is 18.2 Å². The first-order valence-corrected chi connectivity index (χ1v) is 10.8. The Morgan fingerprint density at radius 1 is 1.25 bits per heavy atom. The third-order valence-electron chi connectivity index (χ3n) is 7.05. The van der Waals surface area contributed by atoms with Gasteiger partial charge in [-0.1, -0.05) is 38.3 Å². The number of carbonyl (C=O) groups is 1. The molecule has 0 radical (unpaired) electrons. The Balaban J connectivity index is 1.74. The highest BCUT2D eigenvalue weighted by atomic mass is 16.1. The van der Waals surface area contributed by atoms with Gasteiger partial charge in [0.15, 0.2) is 0 Å². The zero-order chi connectivity index (χ0) is 19.7. The third kappa shape index (κ3) is 3.19. The number of fused-ring (bicyclic) bond motifs is 1. The van der Waals surface area contributed by atoms with Crippen LogP contribution in [0.4, 0.5) is 0 Å². The van der Waals surface area contributed by atoms with E-state index in [0.29, 0.717) is 31.7 Å². The van der Waals surface area contributed by atoms with E-state index in [9.17, 15) is 10.1 Å². The summed E-state index contributed by atoms with van der Waals surface area (Å²) in [5, 5.41) is 16.3. The van der Waals surface area contributed by atoms with Gasteiger partial charge in [0.2, 0.25) is 5.91 Å². The largest absolute Gasteiger partial charge is 0.369 e. The second-order valence-corrected chi connectivity index (χ2v) is 8.64. The Kier molecular flexibility index (Phi) is 5.14. The number of nitriles is 1. The average molecular weight is 379 g/mol. The molecule has 0 aliphatic heterocycles. The van der Waals surface area contributed by atoms with Crippen molar-refractivity contribution in [2.75, 3.05) is 0 Å². The van der Waals surface area contributed by atoms with Crippen LogP contribution >= 0.6 is 0 Å². The Morgan fingerprint density at radius 3 is 2.57 bits per heavy atom. The smallest absolute Gasteiger partial charge is 0.220 e. The monoisotopic (exact) mass is 378 g/mol. The molecule has 5 heteroatoms. The van der Waals surface area contributed by atoms with Crippen molar-refractivity contribution in [2.45, 2.75) is 82.6 Å². The van der Waals surface area contributed by atoms with Gasteiger partial charge >= 0.3 is 0 Å². The molecule has 2 N–H and O–H groups in total. The van der Waals surface area contributed by atoms with E-state index in [1.54, 1.807) is 0 Å². The molecule has 2 aromatic rings. The number of carbonyl (C=O) groups excluding carboxylic acids is 1. The molecule has 1 amide bonds. The summed E-state index contributed by atoms with van der Waals surface area (Å²) in [7, 11) is 0. The van der Waals surface area contributed by atoms with Crippen molar-refractivity contribution in [3.63, 3.8) is 0 Å². The third-order valence-corrected chi connectivity index (χ3v) is 7.05. The van der Waals surface area contributed by atoms with Crippen LogP contribution in [0.5, 0.6) is 0 Å². The predicted molar refractivity (Wildman–Crippen MR) is 110 cm³/mol. The highest BCUT2D eigenvalue weighted by Crippen LogP contribution is 2.42. The van der Waals surface area contributed by atoms with E-state index in [4.69, 9.17) is 10.8 Å². The molecule has 1 aromatic carbocycles. The minimum absolute atomic E-state index is 0.0929. The molecule has 5 nitrogen and oxygen atoms in total. The lowest BCUT2D eigenvalue weighted by molar-refractivity contribution is -0.122. The van der Waals surface area contributed by atoms with Gasteiger partial charge in [-0.25, -0.2) is 0 Å². The van der Waals surface area contributed by atoms with Crippen molar-refractivity contribution < 1.29 is 4.79 Å². The van der Waals surface area contributed by atoms with Crippen LogP contribution in [0.25, 0.3) is 10.9 Å². The van der Waals surface area contributed by atoms with Crippen LogP contribution in [0.1, 0.15) is 82.0 Å². The van der Waals surface area contributed by atoms with Gasteiger partial charge in [0.1, 0.15) is 0 Å². The lowest BCUT2D eigenvalue weighted by Gasteiger charge is -2.34. The Hall–Kier alpha value is -2.35. The number of nitrogens with two attached hydrogens (primary N) is 1. The molecule has 2 saturated carbocycles. The number of amides is 1. The highest BCUT2D eigenvalue weighted by molar-refractivity contribution is 5.83. The molecule has 2 aliphatic rings. The Morgan fingerprint density at radius 2 is 1.96 bits per heavy atom. The number of rotatable bonds is 4. The molecule has 2 fully saturated rings. The quantitative estimate of drug-likeness (QED) is 0.847. The maximum Gasteiger partial charge on any atom is 0.220 e. The van der Waals surface area contributed by atoms with E-state index in [1.165, 1.54) is 43.0 Å². The second-order valence-electron chi connectivity index (χ2n) is 8.64. The zero-order valence-corrected chi connectivity index (χ0v) is 16.8. The predicted octanol–water partition coefficient (Wildman–Crippen LogP) is 4.54. The number of benzene rings is 1. The summed E-state index contributed by atoms with van der Waals surface area (Å²) in [5.74, 6) is -0.324. The maximum absolute atomic E-state index is 11.5. The first-order chi connectivity index (χ1) is 13.6. The van der Waals surface area contributed by atoms with E-state index >= 15 is 0 Å². The molecule has 1 aromatic heterocycles. The van der Waals surface area contributed by atoms with Gasteiger partial charge in [-0.05, 0) is 56.6 Å². The molecule has 2 aliphatic carbocycles. The Labute approximate surface area is 166 Å². The van der Waals surface area contributed by atoms with Gasteiger partial charge in [-0.2, -0.15) is 10.4 Å². The normalized spacial score (nSPS) is 26.2. The van der Waals surface area contributed by atoms with Crippen molar-refractivity contribution in [2.24, 2.45) is 11.7 Å². The molecule has 0 saturated heterocycles. The van der Waals surface area contributed by atoms with Crippen LogP contribution in [0.3, 0.4) is 0 Å². The highest BCUT2D eigenvalue weighted by Gasteiger charge is 2.39. The molecular formula is C23H30N4O. The summed E-state index contributed by atoms with van der Waals surface area (Å²) in [6.45, 7) is 2.16. The van der Waals surface area contributed by atoms with E-state index in [-0.39, 0.29) is 11.8 Å². The van der Waals surface area contributed by atoms with Crippen molar-refractivity contribution in [1.29, 1.82) is 5.26 Å². The van der Waals surface area contributed by atoms with Crippen molar-refractivity contribution in [3.05, 3.63) is 29.5 Å². The minimum atomic E-state index is -0.520. The number of primary amides is 1. The maximum atomic E-state index is 11.5. The first-order valence-electron chi connectivity index (χ1n) is 10.8. The number of hydrogen-bond acceptors (Lipinski definition) is 3. The van der Waals surface area contributed by atoms with Crippen LogP contribution in [0, 0.1) is 17.2 Å². The molecule has 4 rings (SSSR count). The fourth-order valence-corrected chi connectivity index (χ4v) is 5.23. The fraction of sp³-hybridized carbons (Fsp3) is 0.609. The van der Waals surface area contributed by atoms with E-state index in [1.807, 2.05) is 0 Å². The summed E-state index contributed by atoms with van der Waals surface area (Å²) >= 11 is 0. The zero-order valence-electron chi connectivity index (χ0n) is 16.8. The molecule has 148 valence electrons. The van der Waals surface area contributed by atoms with E-state index < -0.39 is 5.41 Å². The summed E-state index contributed by atoms with van der Waals surface area (Å²) in [4.78, 5) is 11.5. The van der Waals surface area contributed by atoms with Crippen LogP contribution < -0.4 is 5.73 Å². The van der Waals surface area contributed by atoms with Crippen molar-refractivity contribution in [3.8, 4) is 6.07 Å². The van der Waals surface area contributed by atoms with Gasteiger partial charge in [0.25, 0.3) is 0 Å². The fourth-order valence-electron chi connectivity index (χ4n) is 5.23. The molecular weight excluding hydrogens is 348 g/mol. The SMILES string of the molecule is CCc1nn(C2CCCCC2)c2cc(C3(C#N)CCC(C(N)=O)CC3)ccc12. The summed E-state index contributed by atoms with van der Waals surface area (Å²) < 4.78 is 2.25. The number of aryl methyl sites for hydroxylation is 1. The van der Waals surface area contributed by atoms with E-state index in [2.05, 4.69) is 35.9 Å². The second kappa shape index (κ2) is 7.58. The van der Waals surface area contributed by atoms with Crippen LogP contribution in [-0.2, 0) is 16.6 Å². The summed E-state index contributed by atoms with van der Waals surface area (Å²) in [6, 6.07) is 9.55. The molecule has 1 heterocycles. The van der Waals surface area contributed by atoms with Gasteiger partial charge in [-0.15, -0.1) is 0 Å². The molecule has 28 heavy (non-hydrogen) atoms. The summed E-state index contributed by atoms with van der Waals surface area (Å²) in [6.07, 6.45) is 9.93. The van der Waals surface area contributed by atoms with Crippen LogP contribution in [0.2, 0.25) is 0 Å². The van der Waals surface area contributed by atoms with Gasteiger partial charge in [0, 0.05) is 11.3 Å². The van der Waals surface area contributed by atoms with Crippen LogP contribution in [-0.4, -0.2) is 15.7 Å². The summed E-state index contributed by atoms with van der Waals surface area (Å²) in [5.41, 5.74) is 8.37. The Bertz CT molecular complexity index is 909. The molecule has 0 atom stereocenters. The number of hydrogen-bond donors (Lipinski definition) is 1. The minimum Gasteiger partial charge on any atom is -0.369 e. The first kappa shape index (κ1) is 19.0. The average Bonchev–Trinajstić information content (AvgIpc) is 3.12. The number of nitrogens with zero attached hydrogens (tertiary/aromatic N) is 3.